The maximum Gasteiger partial charge on any atom is 0.417 e. The molecule has 2 saturated heterocycles. The lowest BCUT2D eigenvalue weighted by Gasteiger charge is -2.34. The van der Waals surface area contributed by atoms with Crippen molar-refractivity contribution >= 4 is 41.3 Å². The molecule has 7 nitrogen and oxygen atoms in total. The van der Waals surface area contributed by atoms with Crippen molar-refractivity contribution in [2.75, 3.05) is 32.7 Å². The van der Waals surface area contributed by atoms with E-state index in [-0.39, 0.29) is 68.9 Å². The normalized spacial score (nSPS) is 17.7. The van der Waals surface area contributed by atoms with Crippen molar-refractivity contribution in [3.8, 4) is 0 Å². The van der Waals surface area contributed by atoms with E-state index in [9.17, 15) is 32.3 Å². The van der Waals surface area contributed by atoms with Gasteiger partial charge in [-0.3, -0.25) is 24.1 Å². The zero-order chi connectivity index (χ0) is 22.8. The number of carbonyl (C=O) groups is 4. The number of likely N-dealkylation sites (tertiary alicyclic amines) is 1. The Morgan fingerprint density at radius 1 is 1.00 bits per heavy atom. The fourth-order valence-electron chi connectivity index (χ4n) is 3.35. The number of halogens is 4. The Labute approximate surface area is 181 Å². The fourth-order valence-corrected chi connectivity index (χ4v) is 3.57. The van der Waals surface area contributed by atoms with E-state index in [1.807, 2.05) is 0 Å². The second-order valence-corrected chi connectivity index (χ2v) is 7.56. The molecule has 0 unspecified atom stereocenters. The van der Waals surface area contributed by atoms with Gasteiger partial charge in [0.2, 0.25) is 23.6 Å². The molecule has 3 rings (SSSR count). The highest BCUT2D eigenvalue weighted by atomic mass is 35.5. The van der Waals surface area contributed by atoms with Crippen LogP contribution < -0.4 is 0 Å². The van der Waals surface area contributed by atoms with Crippen LogP contribution in [0.3, 0.4) is 0 Å². The molecular formula is C20H19ClF3N3O4. The molecular weight excluding hydrogens is 439 g/mol. The molecule has 166 valence electrons. The summed E-state index contributed by atoms with van der Waals surface area (Å²) in [4.78, 5) is 51.8. The van der Waals surface area contributed by atoms with Gasteiger partial charge in [-0.15, -0.1) is 0 Å². The van der Waals surface area contributed by atoms with Crippen LogP contribution in [0.1, 0.15) is 24.0 Å². The maximum atomic E-state index is 12.9. The molecule has 0 atom stereocenters. The van der Waals surface area contributed by atoms with Crippen molar-refractivity contribution in [3.05, 3.63) is 40.4 Å². The maximum absolute atomic E-state index is 12.9. The minimum Gasteiger partial charge on any atom is -0.338 e. The van der Waals surface area contributed by atoms with Gasteiger partial charge in [0.25, 0.3) is 0 Å². The molecule has 2 heterocycles. The number of piperazine rings is 1. The van der Waals surface area contributed by atoms with E-state index in [4.69, 9.17) is 11.6 Å². The van der Waals surface area contributed by atoms with E-state index in [2.05, 4.69) is 0 Å². The summed E-state index contributed by atoms with van der Waals surface area (Å²) in [5.74, 6) is -1.51. The number of alkyl halides is 3. The van der Waals surface area contributed by atoms with Crippen molar-refractivity contribution < 1.29 is 32.3 Å². The zero-order valence-corrected chi connectivity index (χ0v) is 17.1. The highest BCUT2D eigenvalue weighted by molar-refractivity contribution is 6.31. The molecule has 0 spiro atoms. The number of benzene rings is 1. The Hall–Kier alpha value is -2.88. The highest BCUT2D eigenvalue weighted by Crippen LogP contribution is 2.35. The molecule has 0 aliphatic carbocycles. The first-order valence-electron chi connectivity index (χ1n) is 9.51. The van der Waals surface area contributed by atoms with Gasteiger partial charge >= 0.3 is 6.18 Å². The first-order chi connectivity index (χ1) is 14.6. The minimum absolute atomic E-state index is 0.110. The lowest BCUT2D eigenvalue weighted by Crippen LogP contribution is -2.52. The van der Waals surface area contributed by atoms with Crippen LogP contribution in [0.5, 0.6) is 0 Å². The molecule has 1 aromatic carbocycles. The van der Waals surface area contributed by atoms with Crippen LogP contribution in [0.15, 0.2) is 24.3 Å². The number of hydrogen-bond acceptors (Lipinski definition) is 4. The number of amides is 4. The average Bonchev–Trinajstić information content (AvgIpc) is 3.04. The molecule has 0 saturated carbocycles. The predicted molar refractivity (Wildman–Crippen MR) is 105 cm³/mol. The van der Waals surface area contributed by atoms with Crippen LogP contribution in [0.25, 0.3) is 6.08 Å². The molecule has 2 aliphatic heterocycles. The molecule has 2 aliphatic rings. The van der Waals surface area contributed by atoms with E-state index in [0.29, 0.717) is 0 Å². The first-order valence-corrected chi connectivity index (χ1v) is 9.89. The van der Waals surface area contributed by atoms with Gasteiger partial charge in [0.05, 0.1) is 10.6 Å². The summed E-state index contributed by atoms with van der Waals surface area (Å²) < 4.78 is 38.8. The van der Waals surface area contributed by atoms with Crippen LogP contribution in [0.2, 0.25) is 5.02 Å². The molecule has 1 aromatic rings. The Morgan fingerprint density at radius 2 is 1.58 bits per heavy atom. The van der Waals surface area contributed by atoms with E-state index >= 15 is 0 Å². The van der Waals surface area contributed by atoms with Gasteiger partial charge in [-0.2, -0.15) is 13.2 Å². The molecule has 2 fully saturated rings. The second-order valence-electron chi connectivity index (χ2n) is 7.15. The second kappa shape index (κ2) is 9.09. The first kappa shape index (κ1) is 22.8. The van der Waals surface area contributed by atoms with Crippen LogP contribution in [-0.2, 0) is 25.4 Å². The summed E-state index contributed by atoms with van der Waals surface area (Å²) in [6.07, 6.45) is -1.94. The van der Waals surface area contributed by atoms with Crippen molar-refractivity contribution in [1.29, 1.82) is 0 Å². The van der Waals surface area contributed by atoms with E-state index < -0.39 is 22.7 Å². The fraction of sp³-hybridized carbons (Fsp3) is 0.400. The number of hydrogen-bond donors (Lipinski definition) is 0. The molecule has 31 heavy (non-hydrogen) atoms. The quantitative estimate of drug-likeness (QED) is 0.513. The van der Waals surface area contributed by atoms with Crippen molar-refractivity contribution in [2.45, 2.75) is 19.0 Å². The number of imide groups is 1. The predicted octanol–water partition coefficient (Wildman–Crippen LogP) is 2.19. The topological polar surface area (TPSA) is 78.0 Å². The van der Waals surface area contributed by atoms with Gasteiger partial charge < -0.3 is 9.80 Å². The summed E-state index contributed by atoms with van der Waals surface area (Å²) >= 11 is 5.58. The van der Waals surface area contributed by atoms with Crippen LogP contribution in [0.4, 0.5) is 13.2 Å². The molecule has 0 bridgehead atoms. The van der Waals surface area contributed by atoms with Gasteiger partial charge in [0.1, 0.15) is 6.54 Å². The van der Waals surface area contributed by atoms with Crippen molar-refractivity contribution in [2.24, 2.45) is 0 Å². The number of carbonyl (C=O) groups excluding carboxylic acids is 4. The summed E-state index contributed by atoms with van der Waals surface area (Å²) in [6, 6.07) is 3.36. The molecule has 4 amide bonds. The third-order valence-corrected chi connectivity index (χ3v) is 5.44. The third kappa shape index (κ3) is 5.43. The van der Waals surface area contributed by atoms with Gasteiger partial charge in [0.15, 0.2) is 0 Å². The lowest BCUT2D eigenvalue weighted by atomic mass is 10.1. The summed E-state index contributed by atoms with van der Waals surface area (Å²) in [6.45, 7) is 0.613. The monoisotopic (exact) mass is 457 g/mol. The van der Waals surface area contributed by atoms with Gasteiger partial charge in [-0.25, -0.2) is 0 Å². The van der Waals surface area contributed by atoms with Gasteiger partial charge in [0, 0.05) is 45.1 Å². The third-order valence-electron chi connectivity index (χ3n) is 5.11. The Kier molecular flexibility index (Phi) is 6.68. The number of rotatable bonds is 4. The van der Waals surface area contributed by atoms with Gasteiger partial charge in [-0.05, 0) is 23.8 Å². The van der Waals surface area contributed by atoms with E-state index in [1.165, 1.54) is 28.0 Å². The van der Waals surface area contributed by atoms with E-state index in [0.717, 1.165) is 17.0 Å². The summed E-state index contributed by atoms with van der Waals surface area (Å²) in [5, 5.41) is -0.422. The van der Waals surface area contributed by atoms with Crippen molar-refractivity contribution in [3.63, 3.8) is 0 Å². The minimum atomic E-state index is -4.60. The van der Waals surface area contributed by atoms with Gasteiger partial charge in [-0.1, -0.05) is 17.7 Å². The largest absolute Gasteiger partial charge is 0.417 e. The standard InChI is InChI=1S/C20H19ClF3N3O4/c21-15-3-1-13(11-14(15)20(22,23)24)2-4-16(28)25-7-9-26(10-8-25)19(31)12-27-17(29)5-6-18(27)30/h1-4,11H,5-10,12H2/b4-2+. The SMILES string of the molecule is O=C(/C=C/c1ccc(Cl)c(C(F)(F)F)c1)N1CCN(C(=O)CN2C(=O)CCC2=O)CC1. The van der Waals surface area contributed by atoms with E-state index in [1.54, 1.807) is 0 Å². The van der Waals surface area contributed by atoms with Crippen LogP contribution in [-0.4, -0.2) is 71.1 Å². The number of nitrogens with zero attached hydrogens (tertiary/aromatic N) is 3. The smallest absolute Gasteiger partial charge is 0.338 e. The van der Waals surface area contributed by atoms with Crippen LogP contribution >= 0.6 is 11.6 Å². The molecule has 11 heteroatoms. The van der Waals surface area contributed by atoms with Crippen molar-refractivity contribution in [1.82, 2.24) is 14.7 Å². The average molecular weight is 458 g/mol. The highest BCUT2D eigenvalue weighted by Gasteiger charge is 2.34. The molecule has 0 N–H and O–H groups in total. The zero-order valence-electron chi connectivity index (χ0n) is 16.3. The Balaban J connectivity index is 1.54. The Bertz CT molecular complexity index is 924. The summed E-state index contributed by atoms with van der Waals surface area (Å²) in [7, 11) is 0. The summed E-state index contributed by atoms with van der Waals surface area (Å²) in [5.41, 5.74) is -0.801. The molecule has 0 radical (unpaired) electrons. The molecule has 0 aromatic heterocycles. The van der Waals surface area contributed by atoms with Crippen LogP contribution in [0, 0.1) is 0 Å². The lowest BCUT2D eigenvalue weighted by molar-refractivity contribution is -0.146. The Morgan fingerprint density at radius 3 is 2.16 bits per heavy atom.